The normalized spacial score (nSPS) is 20.8. The molecule has 13 heavy (non-hydrogen) atoms. The molecule has 1 saturated carbocycles. The van der Waals surface area contributed by atoms with Gasteiger partial charge in [0, 0.05) is 5.92 Å². The lowest BCUT2D eigenvalue weighted by molar-refractivity contribution is 0.348. The third-order valence-corrected chi connectivity index (χ3v) is 2.57. The molecule has 4 heteroatoms. The Morgan fingerprint density at radius 3 is 2.69 bits per heavy atom. The van der Waals surface area contributed by atoms with Crippen molar-refractivity contribution >= 4 is 0 Å². The predicted octanol–water partition coefficient (Wildman–Crippen LogP) is 1.75. The van der Waals surface area contributed by atoms with E-state index < -0.39 is 0 Å². The maximum atomic E-state index is 5.64. The monoisotopic (exact) mass is 181 g/mol. The van der Waals surface area contributed by atoms with E-state index in [1.807, 2.05) is 6.92 Å². The maximum absolute atomic E-state index is 5.64. The van der Waals surface area contributed by atoms with E-state index in [1.54, 1.807) is 0 Å². The quantitative estimate of drug-likeness (QED) is 0.754. The molecule has 2 rings (SSSR count). The lowest BCUT2D eigenvalue weighted by atomic mass is 10.1. The summed E-state index contributed by atoms with van der Waals surface area (Å²) in [7, 11) is 0. The van der Waals surface area contributed by atoms with Gasteiger partial charge in [0.2, 0.25) is 5.89 Å². The maximum Gasteiger partial charge on any atom is 0.229 e. The zero-order valence-electron chi connectivity index (χ0n) is 7.86. The minimum atomic E-state index is -0.126. The van der Waals surface area contributed by atoms with Crippen molar-refractivity contribution in [3.05, 3.63) is 11.7 Å². The highest BCUT2D eigenvalue weighted by Crippen LogP contribution is 2.33. The zero-order chi connectivity index (χ0) is 9.26. The summed E-state index contributed by atoms with van der Waals surface area (Å²) >= 11 is 0. The van der Waals surface area contributed by atoms with Crippen LogP contribution in [-0.2, 0) is 0 Å². The van der Waals surface area contributed by atoms with Gasteiger partial charge in [0.15, 0.2) is 5.82 Å². The summed E-state index contributed by atoms with van der Waals surface area (Å²) in [5, 5.41) is 3.85. The van der Waals surface area contributed by atoms with Gasteiger partial charge in [-0.1, -0.05) is 18.0 Å². The van der Waals surface area contributed by atoms with Gasteiger partial charge in [-0.15, -0.1) is 0 Å². The second kappa shape index (κ2) is 3.46. The number of nitrogens with two attached hydrogens (primary N) is 1. The van der Waals surface area contributed by atoms with Crippen molar-refractivity contribution in [2.75, 3.05) is 0 Å². The molecule has 1 unspecified atom stereocenters. The minimum absolute atomic E-state index is 0.126. The second-order valence-corrected chi connectivity index (χ2v) is 3.76. The summed E-state index contributed by atoms with van der Waals surface area (Å²) in [6, 6.07) is -0.126. The van der Waals surface area contributed by atoms with Crippen molar-refractivity contribution in [2.45, 2.75) is 44.6 Å². The van der Waals surface area contributed by atoms with Crippen molar-refractivity contribution < 1.29 is 4.52 Å². The summed E-state index contributed by atoms with van der Waals surface area (Å²) in [5.41, 5.74) is 5.64. The molecule has 1 atom stereocenters. The standard InChI is InChI=1S/C9H15N3O/c1-6(10)8-11-9(13-12-8)7-4-2-3-5-7/h6-7H,2-5,10H2,1H3. The van der Waals surface area contributed by atoms with Crippen LogP contribution in [0.15, 0.2) is 4.52 Å². The van der Waals surface area contributed by atoms with Crippen LogP contribution in [-0.4, -0.2) is 10.1 Å². The number of rotatable bonds is 2. The van der Waals surface area contributed by atoms with E-state index in [0.29, 0.717) is 11.7 Å². The van der Waals surface area contributed by atoms with E-state index in [4.69, 9.17) is 10.3 Å². The van der Waals surface area contributed by atoms with Crippen LogP contribution in [0.1, 0.15) is 56.3 Å². The van der Waals surface area contributed by atoms with Gasteiger partial charge in [-0.2, -0.15) is 4.98 Å². The van der Waals surface area contributed by atoms with Crippen molar-refractivity contribution in [1.29, 1.82) is 0 Å². The molecule has 0 amide bonds. The molecule has 72 valence electrons. The molecule has 0 spiro atoms. The van der Waals surface area contributed by atoms with Crippen LogP contribution in [0.2, 0.25) is 0 Å². The molecular weight excluding hydrogens is 166 g/mol. The first-order chi connectivity index (χ1) is 6.27. The minimum Gasteiger partial charge on any atom is -0.339 e. The molecule has 0 saturated heterocycles. The molecule has 2 N–H and O–H groups in total. The summed E-state index contributed by atoms with van der Waals surface area (Å²) in [6.45, 7) is 1.86. The van der Waals surface area contributed by atoms with Crippen LogP contribution in [0.3, 0.4) is 0 Å². The molecule has 1 aromatic rings. The van der Waals surface area contributed by atoms with Gasteiger partial charge in [0.1, 0.15) is 0 Å². The highest BCUT2D eigenvalue weighted by molar-refractivity contribution is 4.98. The van der Waals surface area contributed by atoms with E-state index in [0.717, 1.165) is 5.89 Å². The van der Waals surface area contributed by atoms with Crippen LogP contribution >= 0.6 is 0 Å². The summed E-state index contributed by atoms with van der Waals surface area (Å²) in [4.78, 5) is 4.29. The van der Waals surface area contributed by atoms with Gasteiger partial charge in [0.25, 0.3) is 0 Å². The summed E-state index contributed by atoms with van der Waals surface area (Å²) < 4.78 is 5.17. The van der Waals surface area contributed by atoms with Gasteiger partial charge in [-0.3, -0.25) is 0 Å². The molecule has 1 fully saturated rings. The van der Waals surface area contributed by atoms with Crippen LogP contribution < -0.4 is 5.73 Å². The van der Waals surface area contributed by atoms with Gasteiger partial charge >= 0.3 is 0 Å². The van der Waals surface area contributed by atoms with E-state index in [1.165, 1.54) is 25.7 Å². The Balaban J connectivity index is 2.12. The molecule has 1 aromatic heterocycles. The van der Waals surface area contributed by atoms with E-state index >= 15 is 0 Å². The first-order valence-electron chi connectivity index (χ1n) is 4.86. The van der Waals surface area contributed by atoms with E-state index in [9.17, 15) is 0 Å². The molecule has 0 aliphatic heterocycles. The molecular formula is C9H15N3O. The number of nitrogens with zero attached hydrogens (tertiary/aromatic N) is 2. The first kappa shape index (κ1) is 8.69. The average molecular weight is 181 g/mol. The number of hydrogen-bond donors (Lipinski definition) is 1. The molecule has 0 aromatic carbocycles. The molecule has 0 radical (unpaired) electrons. The Labute approximate surface area is 77.5 Å². The molecule has 4 nitrogen and oxygen atoms in total. The Kier molecular flexibility index (Phi) is 2.31. The van der Waals surface area contributed by atoms with Crippen LogP contribution in [0.25, 0.3) is 0 Å². The fraction of sp³-hybridized carbons (Fsp3) is 0.778. The molecule has 1 aliphatic rings. The Morgan fingerprint density at radius 1 is 1.46 bits per heavy atom. The highest BCUT2D eigenvalue weighted by Gasteiger charge is 2.23. The third kappa shape index (κ3) is 1.72. The van der Waals surface area contributed by atoms with Crippen molar-refractivity contribution in [1.82, 2.24) is 10.1 Å². The first-order valence-corrected chi connectivity index (χ1v) is 4.86. The Morgan fingerprint density at radius 2 is 2.15 bits per heavy atom. The van der Waals surface area contributed by atoms with Crippen molar-refractivity contribution in [3.63, 3.8) is 0 Å². The largest absolute Gasteiger partial charge is 0.339 e. The van der Waals surface area contributed by atoms with Gasteiger partial charge in [-0.25, -0.2) is 0 Å². The third-order valence-electron chi connectivity index (χ3n) is 2.57. The SMILES string of the molecule is CC(N)c1noc(C2CCCC2)n1. The average Bonchev–Trinajstić information content (AvgIpc) is 2.75. The van der Waals surface area contributed by atoms with Crippen LogP contribution in [0.5, 0.6) is 0 Å². The number of hydrogen-bond acceptors (Lipinski definition) is 4. The second-order valence-electron chi connectivity index (χ2n) is 3.76. The fourth-order valence-corrected chi connectivity index (χ4v) is 1.77. The van der Waals surface area contributed by atoms with Crippen molar-refractivity contribution in [3.8, 4) is 0 Å². The number of aromatic nitrogens is 2. The molecule has 1 aliphatic carbocycles. The highest BCUT2D eigenvalue weighted by atomic mass is 16.5. The van der Waals surface area contributed by atoms with Gasteiger partial charge < -0.3 is 10.3 Å². The molecule has 0 bridgehead atoms. The van der Waals surface area contributed by atoms with Crippen LogP contribution in [0, 0.1) is 0 Å². The van der Waals surface area contributed by atoms with E-state index in [2.05, 4.69) is 10.1 Å². The van der Waals surface area contributed by atoms with E-state index in [-0.39, 0.29) is 6.04 Å². The summed E-state index contributed by atoms with van der Waals surface area (Å²) in [5.74, 6) is 1.90. The Bertz CT molecular complexity index is 276. The van der Waals surface area contributed by atoms with Crippen LogP contribution in [0.4, 0.5) is 0 Å². The predicted molar refractivity (Wildman–Crippen MR) is 48.1 cm³/mol. The van der Waals surface area contributed by atoms with Gasteiger partial charge in [-0.05, 0) is 19.8 Å². The smallest absolute Gasteiger partial charge is 0.229 e. The lowest BCUT2D eigenvalue weighted by Crippen LogP contribution is -2.07. The summed E-state index contributed by atoms with van der Waals surface area (Å²) in [6.07, 6.45) is 4.92. The van der Waals surface area contributed by atoms with Gasteiger partial charge in [0.05, 0.1) is 6.04 Å². The van der Waals surface area contributed by atoms with Crippen molar-refractivity contribution in [2.24, 2.45) is 5.73 Å². The Hall–Kier alpha value is -0.900. The fourth-order valence-electron chi connectivity index (χ4n) is 1.77. The lowest BCUT2D eigenvalue weighted by Gasteiger charge is -1.99. The zero-order valence-corrected chi connectivity index (χ0v) is 7.86. The molecule has 1 heterocycles. The topological polar surface area (TPSA) is 64.9 Å².